The predicted molar refractivity (Wildman–Crippen MR) is 114 cm³/mol. The van der Waals surface area contributed by atoms with Gasteiger partial charge in [-0.25, -0.2) is 9.79 Å². The van der Waals surface area contributed by atoms with Crippen molar-refractivity contribution >= 4 is 23.8 Å². The van der Waals surface area contributed by atoms with Crippen LogP contribution in [0.2, 0.25) is 0 Å². The Balaban J connectivity index is 2.27. The SMILES string of the molecule is CCOC(=O)c1c(N=CN(C)C)c2c(n1Cc1ccccc1)CC(C)(C)CC2=O. The maximum Gasteiger partial charge on any atom is 0.357 e. The first-order chi connectivity index (χ1) is 13.7. The van der Waals surface area contributed by atoms with Crippen molar-refractivity contribution in [2.45, 2.75) is 40.2 Å². The van der Waals surface area contributed by atoms with Gasteiger partial charge in [0.25, 0.3) is 0 Å². The van der Waals surface area contributed by atoms with Crippen LogP contribution in [-0.4, -0.2) is 48.3 Å². The number of hydrogen-bond acceptors (Lipinski definition) is 4. The third-order valence-electron chi connectivity index (χ3n) is 4.98. The molecule has 0 radical (unpaired) electrons. The fourth-order valence-electron chi connectivity index (χ4n) is 3.81. The van der Waals surface area contributed by atoms with Crippen LogP contribution in [0.4, 0.5) is 5.69 Å². The van der Waals surface area contributed by atoms with E-state index >= 15 is 0 Å². The standard InChI is InChI=1S/C23H29N3O3/c1-6-29-22(28)21-20(24-15-25(4)5)19-17(12-23(2,3)13-18(19)27)26(21)14-16-10-8-7-9-11-16/h7-11,15H,6,12-14H2,1-5H3. The molecule has 0 spiro atoms. The summed E-state index contributed by atoms with van der Waals surface area (Å²) < 4.78 is 7.29. The molecule has 154 valence electrons. The zero-order valence-corrected chi connectivity index (χ0v) is 17.9. The maximum atomic E-state index is 13.1. The number of aliphatic imine (C=N–C) groups is 1. The number of rotatable bonds is 6. The number of benzene rings is 1. The normalized spacial score (nSPS) is 15.4. The summed E-state index contributed by atoms with van der Waals surface area (Å²) >= 11 is 0. The molecule has 2 aromatic rings. The van der Waals surface area contributed by atoms with Gasteiger partial charge in [-0.15, -0.1) is 0 Å². The first-order valence-corrected chi connectivity index (χ1v) is 9.93. The van der Waals surface area contributed by atoms with Gasteiger partial charge in [0, 0.05) is 32.8 Å². The van der Waals surface area contributed by atoms with Gasteiger partial charge in [-0.05, 0) is 24.3 Å². The van der Waals surface area contributed by atoms with Crippen molar-refractivity contribution in [2.24, 2.45) is 10.4 Å². The van der Waals surface area contributed by atoms with Crippen molar-refractivity contribution in [3.05, 3.63) is 52.8 Å². The van der Waals surface area contributed by atoms with Crippen molar-refractivity contribution in [3.63, 3.8) is 0 Å². The van der Waals surface area contributed by atoms with E-state index in [-0.39, 0.29) is 17.8 Å². The number of nitrogens with zero attached hydrogens (tertiary/aromatic N) is 3. The Hall–Kier alpha value is -2.89. The van der Waals surface area contributed by atoms with Crippen molar-refractivity contribution in [2.75, 3.05) is 20.7 Å². The molecular formula is C23H29N3O3. The van der Waals surface area contributed by atoms with Gasteiger partial charge in [-0.2, -0.15) is 0 Å². The van der Waals surface area contributed by atoms with Gasteiger partial charge < -0.3 is 14.2 Å². The van der Waals surface area contributed by atoms with Crippen LogP contribution in [0.3, 0.4) is 0 Å². The lowest BCUT2D eigenvalue weighted by molar-refractivity contribution is 0.0514. The lowest BCUT2D eigenvalue weighted by Gasteiger charge is -2.29. The van der Waals surface area contributed by atoms with E-state index in [0.29, 0.717) is 36.3 Å². The van der Waals surface area contributed by atoms with E-state index in [1.165, 1.54) is 0 Å². The molecule has 1 aromatic heterocycles. The van der Waals surface area contributed by atoms with E-state index in [9.17, 15) is 9.59 Å². The van der Waals surface area contributed by atoms with Crippen molar-refractivity contribution in [1.82, 2.24) is 9.47 Å². The Morgan fingerprint density at radius 2 is 1.93 bits per heavy atom. The number of aromatic nitrogens is 1. The highest BCUT2D eigenvalue weighted by Crippen LogP contribution is 2.42. The minimum atomic E-state index is -0.450. The largest absolute Gasteiger partial charge is 0.461 e. The number of carbonyl (C=O) groups is 2. The van der Waals surface area contributed by atoms with Crippen LogP contribution in [0.25, 0.3) is 0 Å². The van der Waals surface area contributed by atoms with Gasteiger partial charge in [0.15, 0.2) is 11.5 Å². The molecule has 0 N–H and O–H groups in total. The first-order valence-electron chi connectivity index (χ1n) is 9.93. The number of ketones is 1. The van der Waals surface area contributed by atoms with E-state index in [4.69, 9.17) is 4.74 Å². The number of Topliss-reactive ketones (excluding diaryl/α,β-unsaturated/α-hetero) is 1. The van der Waals surface area contributed by atoms with E-state index in [0.717, 1.165) is 11.3 Å². The van der Waals surface area contributed by atoms with Gasteiger partial charge in [0.1, 0.15) is 5.69 Å². The number of fused-ring (bicyclic) bond motifs is 1. The Morgan fingerprint density at radius 3 is 2.55 bits per heavy atom. The topological polar surface area (TPSA) is 63.9 Å². The number of hydrogen-bond donors (Lipinski definition) is 0. The summed E-state index contributed by atoms with van der Waals surface area (Å²) in [5.41, 5.74) is 3.07. The second-order valence-corrected chi connectivity index (χ2v) is 8.46. The van der Waals surface area contributed by atoms with E-state index in [2.05, 4.69) is 18.8 Å². The third kappa shape index (κ3) is 4.42. The summed E-state index contributed by atoms with van der Waals surface area (Å²) in [5.74, 6) is -0.422. The molecule has 0 amide bonds. The van der Waals surface area contributed by atoms with Crippen LogP contribution in [0.1, 0.15) is 59.3 Å². The molecule has 6 heteroatoms. The second kappa shape index (κ2) is 8.23. The molecule has 1 aliphatic rings. The van der Waals surface area contributed by atoms with E-state index < -0.39 is 5.97 Å². The number of ether oxygens (including phenoxy) is 1. The van der Waals surface area contributed by atoms with Crippen LogP contribution in [0.5, 0.6) is 0 Å². The molecule has 0 bridgehead atoms. The van der Waals surface area contributed by atoms with Gasteiger partial charge in [-0.3, -0.25) is 4.79 Å². The second-order valence-electron chi connectivity index (χ2n) is 8.46. The summed E-state index contributed by atoms with van der Waals surface area (Å²) in [7, 11) is 3.71. The molecule has 3 rings (SSSR count). The van der Waals surface area contributed by atoms with Crippen LogP contribution < -0.4 is 0 Å². The Morgan fingerprint density at radius 1 is 1.24 bits per heavy atom. The van der Waals surface area contributed by atoms with E-state index in [1.807, 2.05) is 49.0 Å². The molecule has 29 heavy (non-hydrogen) atoms. The summed E-state index contributed by atoms with van der Waals surface area (Å²) in [6.45, 7) is 6.69. The Bertz CT molecular complexity index is 940. The highest BCUT2D eigenvalue weighted by molar-refractivity contribution is 6.09. The zero-order chi connectivity index (χ0) is 21.2. The molecule has 0 atom stereocenters. The molecule has 0 unspecified atom stereocenters. The smallest absolute Gasteiger partial charge is 0.357 e. The Labute approximate surface area is 172 Å². The van der Waals surface area contributed by atoms with Gasteiger partial charge in [0.05, 0.1) is 18.5 Å². The average Bonchev–Trinajstić information content (AvgIpc) is 2.93. The van der Waals surface area contributed by atoms with Crippen LogP contribution >= 0.6 is 0 Å². The molecule has 1 aliphatic carbocycles. The van der Waals surface area contributed by atoms with Crippen LogP contribution in [-0.2, 0) is 17.7 Å². The molecule has 0 aliphatic heterocycles. The average molecular weight is 396 g/mol. The molecule has 0 saturated carbocycles. The monoisotopic (exact) mass is 395 g/mol. The van der Waals surface area contributed by atoms with Crippen LogP contribution in [0, 0.1) is 5.41 Å². The van der Waals surface area contributed by atoms with Crippen molar-refractivity contribution in [1.29, 1.82) is 0 Å². The first kappa shape index (κ1) is 20.8. The lowest BCUT2D eigenvalue weighted by atomic mass is 9.76. The van der Waals surface area contributed by atoms with Gasteiger partial charge in [-0.1, -0.05) is 44.2 Å². The third-order valence-corrected chi connectivity index (χ3v) is 4.98. The van der Waals surface area contributed by atoms with Crippen LogP contribution in [0.15, 0.2) is 35.3 Å². The van der Waals surface area contributed by atoms with E-state index in [1.54, 1.807) is 18.2 Å². The zero-order valence-electron chi connectivity index (χ0n) is 17.9. The summed E-state index contributed by atoms with van der Waals surface area (Å²) in [6, 6.07) is 9.92. The number of esters is 1. The lowest BCUT2D eigenvalue weighted by Crippen LogP contribution is -2.28. The minimum Gasteiger partial charge on any atom is -0.461 e. The van der Waals surface area contributed by atoms with Crippen molar-refractivity contribution in [3.8, 4) is 0 Å². The molecule has 0 saturated heterocycles. The molecule has 0 fully saturated rings. The highest BCUT2D eigenvalue weighted by Gasteiger charge is 2.39. The fraction of sp³-hybridized carbons (Fsp3) is 0.435. The maximum absolute atomic E-state index is 13.1. The molecule has 1 heterocycles. The Kier molecular flexibility index (Phi) is 5.91. The molecule has 1 aromatic carbocycles. The quantitative estimate of drug-likeness (QED) is 0.420. The van der Waals surface area contributed by atoms with Crippen molar-refractivity contribution < 1.29 is 14.3 Å². The summed E-state index contributed by atoms with van der Waals surface area (Å²) in [6.07, 6.45) is 2.76. The van der Waals surface area contributed by atoms with Gasteiger partial charge >= 0.3 is 5.97 Å². The predicted octanol–water partition coefficient (Wildman–Crippen LogP) is 4.09. The summed E-state index contributed by atoms with van der Waals surface area (Å²) in [5, 5.41) is 0. The molecular weight excluding hydrogens is 366 g/mol. The fourth-order valence-corrected chi connectivity index (χ4v) is 3.81. The summed E-state index contributed by atoms with van der Waals surface area (Å²) in [4.78, 5) is 32.4. The minimum absolute atomic E-state index is 0.0273. The highest BCUT2D eigenvalue weighted by atomic mass is 16.5. The number of carbonyl (C=O) groups excluding carboxylic acids is 2. The molecule has 6 nitrogen and oxygen atoms in total. The van der Waals surface area contributed by atoms with Gasteiger partial charge in [0.2, 0.25) is 0 Å².